The summed E-state index contributed by atoms with van der Waals surface area (Å²) in [5.41, 5.74) is -1.06. The quantitative estimate of drug-likeness (QED) is 0.853. The van der Waals surface area contributed by atoms with Crippen LogP contribution in [0.15, 0.2) is 0 Å². The van der Waals surface area contributed by atoms with Crippen LogP contribution in [-0.2, 0) is 4.79 Å². The highest BCUT2D eigenvalue weighted by atomic mass is 16.4. The Morgan fingerprint density at radius 2 is 2.05 bits per heavy atom. The zero-order chi connectivity index (χ0) is 15.6. The predicted molar refractivity (Wildman–Crippen MR) is 80.2 cm³/mol. The molecule has 2 atom stereocenters. The molecule has 0 aromatic carbocycles. The summed E-state index contributed by atoms with van der Waals surface area (Å²) in [6.45, 7) is 4.99. The van der Waals surface area contributed by atoms with Crippen molar-refractivity contribution in [2.24, 2.45) is 5.92 Å². The van der Waals surface area contributed by atoms with Crippen LogP contribution >= 0.6 is 0 Å². The van der Waals surface area contributed by atoms with Gasteiger partial charge >= 0.3 is 12.0 Å². The predicted octanol–water partition coefficient (Wildman–Crippen LogP) is 1.32. The normalized spacial score (nSPS) is 30.4. The van der Waals surface area contributed by atoms with E-state index in [4.69, 9.17) is 0 Å². The Hall–Kier alpha value is -1.30. The van der Waals surface area contributed by atoms with Gasteiger partial charge < -0.3 is 19.8 Å². The molecule has 0 aliphatic carbocycles. The summed E-state index contributed by atoms with van der Waals surface area (Å²) in [5.74, 6) is -0.408. The van der Waals surface area contributed by atoms with Crippen LogP contribution in [0.4, 0.5) is 4.79 Å². The van der Waals surface area contributed by atoms with Crippen LogP contribution in [0.3, 0.4) is 0 Å². The molecule has 2 aliphatic rings. The van der Waals surface area contributed by atoms with Crippen LogP contribution in [-0.4, -0.2) is 77.6 Å². The van der Waals surface area contributed by atoms with Gasteiger partial charge in [0.1, 0.15) is 5.54 Å². The molecular formula is C15H27N3O3. The Balaban J connectivity index is 2.01. The van der Waals surface area contributed by atoms with Crippen molar-refractivity contribution >= 4 is 12.0 Å². The molecule has 6 nitrogen and oxygen atoms in total. The first-order valence-corrected chi connectivity index (χ1v) is 7.79. The zero-order valence-corrected chi connectivity index (χ0v) is 13.3. The molecule has 0 aromatic rings. The first kappa shape index (κ1) is 16.1. The SMILES string of the molecule is CN1CCC(CN(C)C(=O)N2CCCCC2(C)C(=O)O)C1. The van der Waals surface area contributed by atoms with Gasteiger partial charge in [-0.25, -0.2) is 9.59 Å². The van der Waals surface area contributed by atoms with Crippen molar-refractivity contribution < 1.29 is 14.7 Å². The minimum atomic E-state index is -1.06. The highest BCUT2D eigenvalue weighted by Crippen LogP contribution is 2.29. The van der Waals surface area contributed by atoms with Gasteiger partial charge in [-0.05, 0) is 52.1 Å². The summed E-state index contributed by atoms with van der Waals surface area (Å²) in [4.78, 5) is 29.8. The number of carboxylic acid groups (broad SMARTS) is 1. The van der Waals surface area contributed by atoms with Gasteiger partial charge in [-0.1, -0.05) is 0 Å². The molecule has 6 heteroatoms. The van der Waals surface area contributed by atoms with Crippen LogP contribution in [0.25, 0.3) is 0 Å². The van der Waals surface area contributed by atoms with Gasteiger partial charge in [-0.2, -0.15) is 0 Å². The summed E-state index contributed by atoms with van der Waals surface area (Å²) in [6, 6.07) is -0.144. The van der Waals surface area contributed by atoms with E-state index < -0.39 is 11.5 Å². The third-order valence-electron chi connectivity index (χ3n) is 4.93. The number of carbonyl (C=O) groups is 2. The molecular weight excluding hydrogens is 270 g/mol. The highest BCUT2D eigenvalue weighted by Gasteiger charge is 2.45. The van der Waals surface area contributed by atoms with Gasteiger partial charge in [0.15, 0.2) is 0 Å². The van der Waals surface area contributed by atoms with E-state index >= 15 is 0 Å². The topological polar surface area (TPSA) is 64.1 Å². The number of hydrogen-bond acceptors (Lipinski definition) is 3. The van der Waals surface area contributed by atoms with Gasteiger partial charge in [0.05, 0.1) is 0 Å². The fraction of sp³-hybridized carbons (Fsp3) is 0.867. The van der Waals surface area contributed by atoms with Gasteiger partial charge in [-0.3, -0.25) is 0 Å². The van der Waals surface area contributed by atoms with Crippen LogP contribution in [0.2, 0.25) is 0 Å². The molecule has 2 unspecified atom stereocenters. The van der Waals surface area contributed by atoms with Crippen LogP contribution < -0.4 is 0 Å². The molecule has 2 saturated heterocycles. The molecule has 2 aliphatic heterocycles. The van der Waals surface area contributed by atoms with E-state index in [2.05, 4.69) is 11.9 Å². The maximum atomic E-state index is 12.7. The van der Waals surface area contributed by atoms with Gasteiger partial charge in [0.2, 0.25) is 0 Å². The number of carboxylic acids is 1. The minimum absolute atomic E-state index is 0.144. The average molecular weight is 297 g/mol. The number of rotatable bonds is 3. The van der Waals surface area contributed by atoms with E-state index in [-0.39, 0.29) is 6.03 Å². The molecule has 0 radical (unpaired) electrons. The fourth-order valence-corrected chi connectivity index (χ4v) is 3.50. The second-order valence-electron chi connectivity index (χ2n) is 6.77. The lowest BCUT2D eigenvalue weighted by atomic mass is 9.89. The lowest BCUT2D eigenvalue weighted by molar-refractivity contribution is -0.150. The Morgan fingerprint density at radius 1 is 1.33 bits per heavy atom. The van der Waals surface area contributed by atoms with E-state index in [1.165, 1.54) is 0 Å². The molecule has 0 aromatic heterocycles. The summed E-state index contributed by atoms with van der Waals surface area (Å²) in [6.07, 6.45) is 3.39. The minimum Gasteiger partial charge on any atom is -0.480 e. The summed E-state index contributed by atoms with van der Waals surface area (Å²) >= 11 is 0. The van der Waals surface area contributed by atoms with Crippen molar-refractivity contribution in [1.29, 1.82) is 0 Å². The summed E-state index contributed by atoms with van der Waals surface area (Å²) in [7, 11) is 3.88. The Bertz CT molecular complexity index is 415. The highest BCUT2D eigenvalue weighted by molar-refractivity contribution is 5.86. The Morgan fingerprint density at radius 3 is 2.62 bits per heavy atom. The number of hydrogen-bond donors (Lipinski definition) is 1. The Labute approximate surface area is 126 Å². The molecule has 21 heavy (non-hydrogen) atoms. The number of piperidine rings is 1. The lowest BCUT2D eigenvalue weighted by Gasteiger charge is -2.43. The van der Waals surface area contributed by atoms with Gasteiger partial charge in [0, 0.05) is 26.7 Å². The second kappa shape index (κ2) is 6.22. The largest absolute Gasteiger partial charge is 0.480 e. The maximum absolute atomic E-state index is 12.7. The third-order valence-corrected chi connectivity index (χ3v) is 4.93. The summed E-state index contributed by atoms with van der Waals surface area (Å²) in [5, 5.41) is 9.50. The molecule has 0 spiro atoms. The second-order valence-corrected chi connectivity index (χ2v) is 6.77. The van der Waals surface area contributed by atoms with Crippen molar-refractivity contribution in [1.82, 2.24) is 14.7 Å². The lowest BCUT2D eigenvalue weighted by Crippen LogP contribution is -2.60. The molecule has 0 bridgehead atoms. The zero-order valence-electron chi connectivity index (χ0n) is 13.3. The number of amides is 2. The van der Waals surface area contributed by atoms with Crippen LogP contribution in [0, 0.1) is 5.92 Å². The number of aliphatic carboxylic acids is 1. The first-order chi connectivity index (χ1) is 9.84. The Kier molecular flexibility index (Phi) is 4.76. The van der Waals surface area contributed by atoms with E-state index in [0.717, 1.165) is 32.4 Å². The van der Waals surface area contributed by atoms with Crippen molar-refractivity contribution in [3.63, 3.8) is 0 Å². The molecule has 1 N–H and O–H groups in total. The standard InChI is InChI=1S/C15H27N3O3/c1-15(13(19)20)7-4-5-8-18(15)14(21)17(3)11-12-6-9-16(2)10-12/h12H,4-11H2,1-3H3,(H,19,20). The number of urea groups is 1. The number of nitrogens with zero attached hydrogens (tertiary/aromatic N) is 3. The van der Waals surface area contributed by atoms with E-state index in [1.807, 2.05) is 0 Å². The number of likely N-dealkylation sites (tertiary alicyclic amines) is 2. The molecule has 2 rings (SSSR count). The van der Waals surface area contributed by atoms with Crippen molar-refractivity contribution in [3.05, 3.63) is 0 Å². The van der Waals surface area contributed by atoms with Crippen molar-refractivity contribution in [2.45, 2.75) is 38.1 Å². The molecule has 2 amide bonds. The maximum Gasteiger partial charge on any atom is 0.329 e. The molecule has 0 saturated carbocycles. The molecule has 2 heterocycles. The van der Waals surface area contributed by atoms with E-state index in [1.54, 1.807) is 23.8 Å². The van der Waals surface area contributed by atoms with E-state index in [9.17, 15) is 14.7 Å². The van der Waals surface area contributed by atoms with Gasteiger partial charge in [-0.15, -0.1) is 0 Å². The van der Waals surface area contributed by atoms with Crippen molar-refractivity contribution in [2.75, 3.05) is 40.3 Å². The fourth-order valence-electron chi connectivity index (χ4n) is 3.50. The monoisotopic (exact) mass is 297 g/mol. The summed E-state index contributed by atoms with van der Waals surface area (Å²) < 4.78 is 0. The molecule has 2 fully saturated rings. The van der Waals surface area contributed by atoms with Crippen molar-refractivity contribution in [3.8, 4) is 0 Å². The third kappa shape index (κ3) is 3.31. The first-order valence-electron chi connectivity index (χ1n) is 7.79. The molecule has 120 valence electrons. The average Bonchev–Trinajstić information content (AvgIpc) is 2.83. The van der Waals surface area contributed by atoms with Crippen LogP contribution in [0.1, 0.15) is 32.6 Å². The van der Waals surface area contributed by atoms with E-state index in [0.29, 0.717) is 25.4 Å². The van der Waals surface area contributed by atoms with Crippen LogP contribution in [0.5, 0.6) is 0 Å². The number of carbonyl (C=O) groups excluding carboxylic acids is 1. The van der Waals surface area contributed by atoms with Gasteiger partial charge in [0.25, 0.3) is 0 Å². The smallest absolute Gasteiger partial charge is 0.329 e.